The molecule has 1 aromatic rings. The van der Waals surface area contributed by atoms with Crippen LogP contribution in [-0.4, -0.2) is 23.3 Å². The van der Waals surface area contributed by atoms with Crippen molar-refractivity contribution in [3.8, 4) is 0 Å². The molecule has 6 heteroatoms. The van der Waals surface area contributed by atoms with Gasteiger partial charge in [0.1, 0.15) is 0 Å². The van der Waals surface area contributed by atoms with Gasteiger partial charge in [0.25, 0.3) is 0 Å². The third kappa shape index (κ3) is 3.06. The van der Waals surface area contributed by atoms with Gasteiger partial charge in [-0.1, -0.05) is 32.4 Å². The number of amides is 2. The molecule has 0 aliphatic rings. The van der Waals surface area contributed by atoms with Crippen molar-refractivity contribution in [3.63, 3.8) is 0 Å². The van der Waals surface area contributed by atoms with Gasteiger partial charge in [-0.25, -0.2) is 4.79 Å². The molecule has 16 heavy (non-hydrogen) atoms. The minimum Gasteiger partial charge on any atom is -0.341 e. The van der Waals surface area contributed by atoms with Crippen LogP contribution >= 0.6 is 11.6 Å². The molecular weight excluding hydrogens is 228 g/mol. The lowest BCUT2D eigenvalue weighted by molar-refractivity contribution is 0.254. The minimum absolute atomic E-state index is 0.147. The molecule has 0 aliphatic carbocycles. The summed E-state index contributed by atoms with van der Waals surface area (Å²) in [6, 6.07) is 1.39. The maximum atomic E-state index is 11.1. The molecule has 0 bridgehead atoms. The Morgan fingerprint density at radius 3 is 2.50 bits per heavy atom. The maximum absolute atomic E-state index is 11.1. The summed E-state index contributed by atoms with van der Waals surface area (Å²) in [4.78, 5) is 11.1. The first kappa shape index (κ1) is 12.7. The summed E-state index contributed by atoms with van der Waals surface area (Å²) in [6.45, 7) is 6.04. The number of urea groups is 1. The van der Waals surface area contributed by atoms with Gasteiger partial charge < -0.3 is 5.32 Å². The number of rotatable bonds is 1. The summed E-state index contributed by atoms with van der Waals surface area (Å²) >= 11 is 5.95. The predicted octanol–water partition coefficient (Wildman–Crippen LogP) is 2.18. The summed E-state index contributed by atoms with van der Waals surface area (Å²) in [5, 5.41) is 12.9. The summed E-state index contributed by atoms with van der Waals surface area (Å²) < 4.78 is 0. The summed E-state index contributed by atoms with van der Waals surface area (Å²) in [5.41, 5.74) is 0.696. The van der Waals surface area contributed by atoms with Crippen molar-refractivity contribution in [2.75, 3.05) is 12.4 Å². The van der Waals surface area contributed by atoms with Gasteiger partial charge in [-0.05, 0) is 11.5 Å². The lowest BCUT2D eigenvalue weighted by atomic mass is 9.88. The molecule has 0 fully saturated rings. The van der Waals surface area contributed by atoms with E-state index >= 15 is 0 Å². The molecule has 1 heterocycles. The topological polar surface area (TPSA) is 66.9 Å². The molecule has 88 valence electrons. The number of carbonyl (C=O) groups is 1. The number of carbonyl (C=O) groups excluding carboxylic acids is 1. The Kier molecular flexibility index (Phi) is 3.70. The summed E-state index contributed by atoms with van der Waals surface area (Å²) in [5.74, 6) is 0.383. The molecule has 2 N–H and O–H groups in total. The lowest BCUT2D eigenvalue weighted by Gasteiger charge is -2.20. The van der Waals surface area contributed by atoms with E-state index in [1.54, 1.807) is 6.07 Å². The van der Waals surface area contributed by atoms with Crippen molar-refractivity contribution >= 4 is 23.4 Å². The highest BCUT2D eigenvalue weighted by molar-refractivity contribution is 6.30. The molecule has 0 radical (unpaired) electrons. The Hall–Kier alpha value is -1.36. The molecule has 0 unspecified atom stereocenters. The highest BCUT2D eigenvalue weighted by Crippen LogP contribution is 2.28. The molecule has 0 atom stereocenters. The van der Waals surface area contributed by atoms with Crippen LogP contribution in [-0.2, 0) is 5.41 Å². The van der Waals surface area contributed by atoms with Gasteiger partial charge in [-0.15, -0.1) is 10.2 Å². The van der Waals surface area contributed by atoms with Crippen molar-refractivity contribution in [2.24, 2.45) is 0 Å². The van der Waals surface area contributed by atoms with Crippen molar-refractivity contribution < 1.29 is 4.79 Å². The molecule has 0 saturated heterocycles. The third-order valence-electron chi connectivity index (χ3n) is 2.03. The van der Waals surface area contributed by atoms with Crippen molar-refractivity contribution in [1.29, 1.82) is 0 Å². The van der Waals surface area contributed by atoms with E-state index in [0.717, 1.165) is 5.56 Å². The number of aromatic nitrogens is 2. The first-order valence-corrected chi connectivity index (χ1v) is 5.25. The van der Waals surface area contributed by atoms with Crippen LogP contribution in [0.1, 0.15) is 26.3 Å². The third-order valence-corrected chi connectivity index (χ3v) is 2.30. The summed E-state index contributed by atoms with van der Waals surface area (Å²) in [7, 11) is 1.53. The van der Waals surface area contributed by atoms with E-state index in [1.165, 1.54) is 7.05 Å². The first-order chi connectivity index (χ1) is 7.34. The average molecular weight is 243 g/mol. The van der Waals surface area contributed by atoms with Crippen LogP contribution in [0.5, 0.6) is 0 Å². The Balaban J connectivity index is 3.03. The molecule has 1 aromatic heterocycles. The molecule has 5 nitrogen and oxygen atoms in total. The van der Waals surface area contributed by atoms with Crippen molar-refractivity contribution in [3.05, 3.63) is 16.8 Å². The van der Waals surface area contributed by atoms with E-state index in [1.807, 2.05) is 20.8 Å². The molecule has 1 rings (SSSR count). The Bertz CT molecular complexity index is 400. The zero-order valence-electron chi connectivity index (χ0n) is 9.76. The molecule has 0 spiro atoms. The highest BCUT2D eigenvalue weighted by atomic mass is 35.5. The number of nitrogens with zero attached hydrogens (tertiary/aromatic N) is 2. The second kappa shape index (κ2) is 4.65. The quantitative estimate of drug-likeness (QED) is 0.793. The van der Waals surface area contributed by atoms with Crippen molar-refractivity contribution in [2.45, 2.75) is 26.2 Å². The smallest absolute Gasteiger partial charge is 0.320 e. The number of nitrogens with one attached hydrogen (secondary N) is 2. The molecule has 0 aromatic carbocycles. The molecular formula is C10H15ClN4O. The van der Waals surface area contributed by atoms with Crippen LogP contribution in [0.4, 0.5) is 10.6 Å². The van der Waals surface area contributed by atoms with Crippen LogP contribution in [0.3, 0.4) is 0 Å². The summed E-state index contributed by atoms with van der Waals surface area (Å²) in [6.07, 6.45) is 0. The normalized spacial score (nSPS) is 11.1. The van der Waals surface area contributed by atoms with Crippen molar-refractivity contribution in [1.82, 2.24) is 15.5 Å². The number of anilines is 1. The van der Waals surface area contributed by atoms with Crippen LogP contribution < -0.4 is 10.6 Å². The van der Waals surface area contributed by atoms with Crippen LogP contribution in [0.2, 0.25) is 5.15 Å². The minimum atomic E-state index is -0.337. The standard InChI is InChI=1S/C10H15ClN4O/c1-10(2,3)6-5-7(13-9(16)12-4)14-15-8(6)11/h5H,1-4H3,(H2,12,13,14,16). The highest BCUT2D eigenvalue weighted by Gasteiger charge is 2.19. The Labute approximate surface area is 99.6 Å². The SMILES string of the molecule is CNC(=O)Nc1cc(C(C)(C)C)c(Cl)nn1. The largest absolute Gasteiger partial charge is 0.341 e. The second-order valence-electron chi connectivity index (χ2n) is 4.39. The monoisotopic (exact) mass is 242 g/mol. The van der Waals surface area contributed by atoms with Crippen LogP contribution in [0.15, 0.2) is 6.07 Å². The van der Waals surface area contributed by atoms with Gasteiger partial charge >= 0.3 is 6.03 Å². The lowest BCUT2D eigenvalue weighted by Crippen LogP contribution is -2.25. The fraction of sp³-hybridized carbons (Fsp3) is 0.500. The number of halogens is 1. The molecule has 0 aliphatic heterocycles. The van der Waals surface area contributed by atoms with Gasteiger partial charge in [0.05, 0.1) is 0 Å². The van der Waals surface area contributed by atoms with Gasteiger partial charge in [0, 0.05) is 12.6 Å². The molecule has 2 amide bonds. The first-order valence-electron chi connectivity index (χ1n) is 4.87. The van der Waals surface area contributed by atoms with Crippen LogP contribution in [0.25, 0.3) is 0 Å². The van der Waals surface area contributed by atoms with Gasteiger partial charge in [0.15, 0.2) is 11.0 Å². The Morgan fingerprint density at radius 2 is 2.00 bits per heavy atom. The van der Waals surface area contributed by atoms with E-state index in [2.05, 4.69) is 20.8 Å². The fourth-order valence-corrected chi connectivity index (χ4v) is 1.52. The second-order valence-corrected chi connectivity index (χ2v) is 4.75. The van der Waals surface area contributed by atoms with Gasteiger partial charge in [-0.2, -0.15) is 0 Å². The molecule has 0 saturated carbocycles. The van der Waals surface area contributed by atoms with E-state index in [-0.39, 0.29) is 11.4 Å². The maximum Gasteiger partial charge on any atom is 0.320 e. The predicted molar refractivity (Wildman–Crippen MR) is 63.8 cm³/mol. The fourth-order valence-electron chi connectivity index (χ4n) is 1.14. The van der Waals surface area contributed by atoms with E-state index < -0.39 is 0 Å². The number of hydrogen-bond acceptors (Lipinski definition) is 3. The number of hydrogen-bond donors (Lipinski definition) is 2. The zero-order valence-corrected chi connectivity index (χ0v) is 10.5. The van der Waals surface area contributed by atoms with E-state index in [9.17, 15) is 4.79 Å². The average Bonchev–Trinajstić information content (AvgIpc) is 2.19. The van der Waals surface area contributed by atoms with Gasteiger partial charge in [-0.3, -0.25) is 5.32 Å². The van der Waals surface area contributed by atoms with Gasteiger partial charge in [0.2, 0.25) is 0 Å². The van der Waals surface area contributed by atoms with E-state index in [4.69, 9.17) is 11.6 Å². The Morgan fingerprint density at radius 1 is 1.38 bits per heavy atom. The van der Waals surface area contributed by atoms with E-state index in [0.29, 0.717) is 11.0 Å². The van der Waals surface area contributed by atoms with Crippen LogP contribution in [0, 0.1) is 0 Å². The zero-order chi connectivity index (χ0) is 12.3.